The number of hydrogen-bond donors (Lipinski definition) is 0. The molecule has 0 radical (unpaired) electrons. The maximum absolute atomic E-state index is 11.9. The molecule has 0 aromatic carbocycles. The molecule has 0 N–H and O–H groups in total. The highest BCUT2D eigenvalue weighted by molar-refractivity contribution is 7.99. The number of hydrogen-bond acceptors (Lipinski definition) is 5. The minimum Gasteiger partial charge on any atom is -0.292 e. The number of thiophene rings is 1. The summed E-state index contributed by atoms with van der Waals surface area (Å²) in [6.45, 7) is 0.960. The second-order valence-corrected chi connectivity index (χ2v) is 6.42. The van der Waals surface area contributed by atoms with E-state index in [9.17, 15) is 4.79 Å². The van der Waals surface area contributed by atoms with Gasteiger partial charge in [-0.05, 0) is 24.3 Å². The van der Waals surface area contributed by atoms with Crippen LogP contribution in [-0.2, 0) is 13.0 Å². The highest BCUT2D eigenvalue weighted by Crippen LogP contribution is 2.20. The van der Waals surface area contributed by atoms with Crippen molar-refractivity contribution < 1.29 is 4.79 Å². The van der Waals surface area contributed by atoms with Crippen LogP contribution in [0, 0.1) is 0 Å². The third-order valence-electron chi connectivity index (χ3n) is 3.13. The van der Waals surface area contributed by atoms with Crippen molar-refractivity contribution in [2.24, 2.45) is 0 Å². The molecule has 0 amide bonds. The first-order valence-corrected chi connectivity index (χ1v) is 8.33. The Morgan fingerprint density at radius 3 is 3.21 bits per heavy atom. The van der Waals surface area contributed by atoms with Crippen LogP contribution in [0.15, 0.2) is 22.7 Å². The number of carbonyl (C=O) groups is 1. The molecule has 2 aromatic rings. The molecular formula is C13H15N3OS2. The number of aromatic nitrogens is 3. The summed E-state index contributed by atoms with van der Waals surface area (Å²) >= 11 is 2.93. The number of fused-ring (bicyclic) bond motifs is 1. The van der Waals surface area contributed by atoms with E-state index >= 15 is 0 Å². The third kappa shape index (κ3) is 3.06. The first kappa shape index (κ1) is 12.9. The minimum atomic E-state index is 0.157. The fraction of sp³-hybridized carbons (Fsp3) is 0.462. The van der Waals surface area contributed by atoms with Crippen molar-refractivity contribution in [3.05, 3.63) is 28.2 Å². The lowest BCUT2D eigenvalue weighted by atomic mass is 10.2. The van der Waals surface area contributed by atoms with Crippen molar-refractivity contribution in [1.29, 1.82) is 0 Å². The van der Waals surface area contributed by atoms with Gasteiger partial charge in [-0.25, -0.2) is 9.67 Å². The Balaban J connectivity index is 1.63. The van der Waals surface area contributed by atoms with Crippen LogP contribution in [0.4, 0.5) is 0 Å². The van der Waals surface area contributed by atoms with Crippen molar-refractivity contribution >= 4 is 28.9 Å². The van der Waals surface area contributed by atoms with E-state index in [1.807, 2.05) is 22.2 Å². The number of Topliss-reactive ketones (excluding diaryl/α,β-unsaturated/α-hetero) is 1. The van der Waals surface area contributed by atoms with Gasteiger partial charge in [-0.2, -0.15) is 0 Å². The van der Waals surface area contributed by atoms with Crippen LogP contribution < -0.4 is 0 Å². The Kier molecular flexibility index (Phi) is 3.98. The predicted octanol–water partition coefficient (Wildman–Crippen LogP) is 3.04. The van der Waals surface area contributed by atoms with Crippen LogP contribution in [0.3, 0.4) is 0 Å². The molecule has 0 aliphatic carbocycles. The first-order valence-electron chi connectivity index (χ1n) is 6.46. The SMILES string of the molecule is O=C(CSc1nc2n(n1)CCCCC2)c1cccs1. The van der Waals surface area contributed by atoms with Crippen LogP contribution in [0.1, 0.15) is 34.8 Å². The van der Waals surface area contributed by atoms with Gasteiger partial charge in [0, 0.05) is 13.0 Å². The summed E-state index contributed by atoms with van der Waals surface area (Å²) in [5.74, 6) is 1.65. The molecule has 0 saturated carbocycles. The maximum atomic E-state index is 11.9. The quantitative estimate of drug-likeness (QED) is 0.642. The summed E-state index contributed by atoms with van der Waals surface area (Å²) in [6, 6.07) is 3.77. The summed E-state index contributed by atoms with van der Waals surface area (Å²) in [4.78, 5) is 17.2. The van der Waals surface area contributed by atoms with Crippen molar-refractivity contribution in [2.45, 2.75) is 37.4 Å². The van der Waals surface area contributed by atoms with Crippen LogP contribution in [-0.4, -0.2) is 26.3 Å². The van der Waals surface area contributed by atoms with E-state index in [-0.39, 0.29) is 5.78 Å². The van der Waals surface area contributed by atoms with Crippen LogP contribution in [0.25, 0.3) is 0 Å². The van der Waals surface area contributed by atoms with E-state index in [1.165, 1.54) is 42.4 Å². The molecule has 0 spiro atoms. The van der Waals surface area contributed by atoms with Crippen molar-refractivity contribution in [3.8, 4) is 0 Å². The van der Waals surface area contributed by atoms with Crippen molar-refractivity contribution in [1.82, 2.24) is 14.8 Å². The molecule has 1 aliphatic rings. The predicted molar refractivity (Wildman–Crippen MR) is 77.0 cm³/mol. The molecule has 0 saturated heterocycles. The maximum Gasteiger partial charge on any atom is 0.209 e. The average molecular weight is 293 g/mol. The Bertz CT molecular complexity index is 539. The van der Waals surface area contributed by atoms with Gasteiger partial charge in [0.1, 0.15) is 5.82 Å². The number of aryl methyl sites for hydroxylation is 2. The summed E-state index contributed by atoms with van der Waals surface area (Å²) < 4.78 is 2.00. The molecule has 6 heteroatoms. The lowest BCUT2D eigenvalue weighted by Gasteiger charge is -1.97. The summed E-state index contributed by atoms with van der Waals surface area (Å²) in [7, 11) is 0. The van der Waals surface area contributed by atoms with Gasteiger partial charge < -0.3 is 0 Å². The molecule has 2 aromatic heterocycles. The number of nitrogens with zero attached hydrogens (tertiary/aromatic N) is 3. The van der Waals surface area contributed by atoms with Gasteiger partial charge in [0.05, 0.1) is 10.6 Å². The minimum absolute atomic E-state index is 0.157. The van der Waals surface area contributed by atoms with Gasteiger partial charge in [-0.1, -0.05) is 24.2 Å². The molecule has 3 rings (SSSR count). The van der Waals surface area contributed by atoms with E-state index < -0.39 is 0 Å². The van der Waals surface area contributed by atoms with Crippen molar-refractivity contribution in [2.75, 3.05) is 5.75 Å². The van der Waals surface area contributed by atoms with Crippen LogP contribution in [0.2, 0.25) is 0 Å². The fourth-order valence-electron chi connectivity index (χ4n) is 2.14. The zero-order valence-electron chi connectivity index (χ0n) is 10.5. The van der Waals surface area contributed by atoms with Gasteiger partial charge in [-0.3, -0.25) is 4.79 Å². The zero-order chi connectivity index (χ0) is 13.1. The van der Waals surface area contributed by atoms with Gasteiger partial charge in [-0.15, -0.1) is 16.4 Å². The second kappa shape index (κ2) is 5.88. The molecular weight excluding hydrogens is 278 g/mol. The Hall–Kier alpha value is -1.14. The lowest BCUT2D eigenvalue weighted by molar-refractivity contribution is 0.102. The van der Waals surface area contributed by atoms with E-state index in [0.717, 1.165) is 28.8 Å². The molecule has 0 unspecified atom stereocenters. The van der Waals surface area contributed by atoms with Gasteiger partial charge in [0.2, 0.25) is 5.16 Å². The second-order valence-electron chi connectivity index (χ2n) is 4.53. The Morgan fingerprint density at radius 1 is 1.42 bits per heavy atom. The Morgan fingerprint density at radius 2 is 2.37 bits per heavy atom. The van der Waals surface area contributed by atoms with E-state index in [1.54, 1.807) is 0 Å². The summed E-state index contributed by atoms with van der Waals surface area (Å²) in [5, 5.41) is 7.15. The number of carbonyl (C=O) groups excluding carboxylic acids is 1. The molecule has 0 fully saturated rings. The lowest BCUT2D eigenvalue weighted by Crippen LogP contribution is -2.02. The number of thioether (sulfide) groups is 1. The van der Waals surface area contributed by atoms with E-state index in [2.05, 4.69) is 10.1 Å². The molecule has 4 nitrogen and oxygen atoms in total. The van der Waals surface area contributed by atoms with E-state index in [4.69, 9.17) is 0 Å². The smallest absolute Gasteiger partial charge is 0.209 e. The highest BCUT2D eigenvalue weighted by atomic mass is 32.2. The summed E-state index contributed by atoms with van der Waals surface area (Å²) in [5.41, 5.74) is 0. The molecule has 1 aliphatic heterocycles. The van der Waals surface area contributed by atoms with Gasteiger partial charge >= 0.3 is 0 Å². The van der Waals surface area contributed by atoms with Gasteiger partial charge in [0.15, 0.2) is 5.78 Å². The highest BCUT2D eigenvalue weighted by Gasteiger charge is 2.14. The number of rotatable bonds is 4. The molecule has 0 bridgehead atoms. The number of ketones is 1. The van der Waals surface area contributed by atoms with Crippen LogP contribution >= 0.6 is 23.1 Å². The molecule has 19 heavy (non-hydrogen) atoms. The monoisotopic (exact) mass is 293 g/mol. The zero-order valence-corrected chi connectivity index (χ0v) is 12.2. The molecule has 100 valence electrons. The molecule has 0 atom stereocenters. The normalized spacial score (nSPS) is 14.9. The first-order chi connectivity index (χ1) is 9.33. The van der Waals surface area contributed by atoms with E-state index in [0.29, 0.717) is 5.75 Å². The van der Waals surface area contributed by atoms with Crippen LogP contribution in [0.5, 0.6) is 0 Å². The largest absolute Gasteiger partial charge is 0.292 e. The van der Waals surface area contributed by atoms with Crippen molar-refractivity contribution in [3.63, 3.8) is 0 Å². The van der Waals surface area contributed by atoms with Gasteiger partial charge in [0.25, 0.3) is 0 Å². The summed E-state index contributed by atoms with van der Waals surface area (Å²) in [6.07, 6.45) is 4.63. The standard InChI is InChI=1S/C13H15N3OS2/c17-10(11-5-4-8-18-11)9-19-13-14-12-6-2-1-3-7-16(12)15-13/h4-5,8H,1-3,6-7,9H2. The Labute approximate surface area is 120 Å². The third-order valence-corrected chi connectivity index (χ3v) is 4.88. The topological polar surface area (TPSA) is 47.8 Å². The fourth-order valence-corrected chi connectivity index (χ4v) is 3.63. The average Bonchev–Trinajstić information content (AvgIpc) is 3.02. The molecule has 3 heterocycles.